The maximum absolute atomic E-state index is 13.6. The molecule has 1 aromatic carbocycles. The number of imidazole rings is 1. The van der Waals surface area contributed by atoms with Crippen LogP contribution in [0.5, 0.6) is 0 Å². The second kappa shape index (κ2) is 10.0. The van der Waals surface area contributed by atoms with Gasteiger partial charge in [0.15, 0.2) is 6.29 Å². The Morgan fingerprint density at radius 1 is 1.34 bits per heavy atom. The normalized spacial score (nSPS) is 22.3. The summed E-state index contributed by atoms with van der Waals surface area (Å²) in [6.07, 6.45) is 14.8. The fourth-order valence-electron chi connectivity index (χ4n) is 4.85. The van der Waals surface area contributed by atoms with Crippen molar-refractivity contribution < 1.29 is 18.0 Å². The molecular weight excluding hydrogens is 455 g/mol. The van der Waals surface area contributed by atoms with Crippen LogP contribution in [0.15, 0.2) is 55.0 Å². The summed E-state index contributed by atoms with van der Waals surface area (Å²) in [5.74, 6) is 0.774. The number of carbonyl (C=O) groups excluding carboxylic acids is 1. The number of nitrogens with one attached hydrogen (secondary N) is 1. The maximum atomic E-state index is 13.6. The number of halogens is 3. The average molecular weight is 484 g/mol. The SMILES string of the molecule is C#CN1C=CC=CC1(c1nccn1CCCC)C1CN(c2ccc(C=O)c(C(F)(F)F)c2)CCN1. The van der Waals surface area contributed by atoms with E-state index in [0.717, 1.165) is 31.3 Å². The standard InChI is InChI=1S/C26H28F3N5O/c1-3-5-13-32-15-12-31-24(32)25(10-6-7-14-34(25)4-2)23-18-33(16-11-30-23)21-9-8-20(19-35)22(17-21)26(27,28)29/h2,6-10,12,14-15,17,19,23,30H,3,5,11,13,16,18H2,1H3. The van der Waals surface area contributed by atoms with Crippen molar-refractivity contribution in [1.29, 1.82) is 0 Å². The summed E-state index contributed by atoms with van der Waals surface area (Å²) in [5, 5.41) is 3.54. The summed E-state index contributed by atoms with van der Waals surface area (Å²) in [4.78, 5) is 19.6. The van der Waals surface area contributed by atoms with Crippen molar-refractivity contribution in [3.05, 3.63) is 72.0 Å². The predicted octanol–water partition coefficient (Wildman–Crippen LogP) is 4.16. The summed E-state index contributed by atoms with van der Waals surface area (Å²) in [5.41, 5.74) is -1.74. The molecule has 35 heavy (non-hydrogen) atoms. The molecule has 0 bridgehead atoms. The number of nitrogens with zero attached hydrogens (tertiary/aromatic N) is 4. The first kappa shape index (κ1) is 24.6. The minimum atomic E-state index is -4.62. The molecule has 2 aliphatic heterocycles. The lowest BCUT2D eigenvalue weighted by atomic mass is 9.83. The number of anilines is 1. The highest BCUT2D eigenvalue weighted by Crippen LogP contribution is 2.38. The first-order valence-corrected chi connectivity index (χ1v) is 11.6. The molecule has 0 aliphatic carbocycles. The van der Waals surface area contributed by atoms with Gasteiger partial charge in [-0.05, 0) is 36.8 Å². The van der Waals surface area contributed by atoms with Gasteiger partial charge in [-0.15, -0.1) is 0 Å². The van der Waals surface area contributed by atoms with Crippen LogP contribution >= 0.6 is 0 Å². The van der Waals surface area contributed by atoms with Gasteiger partial charge >= 0.3 is 6.18 Å². The number of hydrogen-bond acceptors (Lipinski definition) is 5. The molecule has 2 unspecified atom stereocenters. The van der Waals surface area contributed by atoms with E-state index in [1.165, 1.54) is 6.07 Å². The Morgan fingerprint density at radius 2 is 2.17 bits per heavy atom. The van der Waals surface area contributed by atoms with E-state index < -0.39 is 17.3 Å². The van der Waals surface area contributed by atoms with Crippen LogP contribution in [0, 0.1) is 12.5 Å². The zero-order chi connectivity index (χ0) is 25.1. The quantitative estimate of drug-likeness (QED) is 0.474. The lowest BCUT2D eigenvalue weighted by molar-refractivity contribution is -0.137. The number of terminal acetylenes is 1. The van der Waals surface area contributed by atoms with Crippen LogP contribution in [0.4, 0.5) is 18.9 Å². The molecule has 2 atom stereocenters. The number of carbonyl (C=O) groups is 1. The van der Waals surface area contributed by atoms with Gasteiger partial charge < -0.3 is 14.8 Å². The van der Waals surface area contributed by atoms with Crippen molar-refractivity contribution in [3.63, 3.8) is 0 Å². The number of piperazine rings is 1. The van der Waals surface area contributed by atoms with Crippen molar-refractivity contribution in [3.8, 4) is 12.5 Å². The average Bonchev–Trinajstić information content (AvgIpc) is 3.35. The molecule has 2 aromatic rings. The molecule has 0 saturated carbocycles. The molecule has 1 saturated heterocycles. The zero-order valence-corrected chi connectivity index (χ0v) is 19.5. The fourth-order valence-corrected chi connectivity index (χ4v) is 4.85. The highest BCUT2D eigenvalue weighted by molar-refractivity contribution is 5.79. The summed E-state index contributed by atoms with van der Waals surface area (Å²) in [6.45, 7) is 4.32. The number of aryl methyl sites for hydroxylation is 1. The first-order valence-electron chi connectivity index (χ1n) is 11.6. The number of benzene rings is 1. The molecule has 9 heteroatoms. The highest BCUT2D eigenvalue weighted by atomic mass is 19.4. The minimum absolute atomic E-state index is 0.238. The minimum Gasteiger partial charge on any atom is -0.369 e. The Labute approximate surface area is 203 Å². The van der Waals surface area contributed by atoms with Gasteiger partial charge in [-0.25, -0.2) is 4.98 Å². The Kier molecular flexibility index (Phi) is 7.03. The van der Waals surface area contributed by atoms with E-state index in [1.807, 2.05) is 35.5 Å². The monoisotopic (exact) mass is 483 g/mol. The van der Waals surface area contributed by atoms with Crippen LogP contribution in [0.2, 0.25) is 0 Å². The van der Waals surface area contributed by atoms with Gasteiger partial charge in [0.25, 0.3) is 0 Å². The third kappa shape index (κ3) is 4.58. The smallest absolute Gasteiger partial charge is 0.369 e. The van der Waals surface area contributed by atoms with Crippen LogP contribution in [-0.2, 0) is 18.3 Å². The van der Waals surface area contributed by atoms with Crippen molar-refractivity contribution in [2.75, 3.05) is 24.5 Å². The molecule has 6 nitrogen and oxygen atoms in total. The molecule has 0 radical (unpaired) electrons. The number of rotatable bonds is 7. The number of alkyl halides is 3. The Bertz CT molecular complexity index is 1160. The second-order valence-electron chi connectivity index (χ2n) is 8.66. The lowest BCUT2D eigenvalue weighted by Crippen LogP contribution is -2.64. The number of unbranched alkanes of at least 4 members (excludes halogenated alkanes) is 1. The molecular formula is C26H28F3N5O. The van der Waals surface area contributed by atoms with Crippen LogP contribution in [0.1, 0.15) is 41.5 Å². The largest absolute Gasteiger partial charge is 0.417 e. The summed E-state index contributed by atoms with van der Waals surface area (Å²) >= 11 is 0. The van der Waals surface area contributed by atoms with E-state index in [2.05, 4.69) is 22.9 Å². The number of aromatic nitrogens is 2. The second-order valence-corrected chi connectivity index (χ2v) is 8.66. The van der Waals surface area contributed by atoms with Crippen LogP contribution in [-0.4, -0.2) is 46.4 Å². The van der Waals surface area contributed by atoms with Crippen LogP contribution < -0.4 is 10.2 Å². The van der Waals surface area contributed by atoms with E-state index in [9.17, 15) is 18.0 Å². The molecule has 1 fully saturated rings. The van der Waals surface area contributed by atoms with Crippen molar-refractivity contribution in [1.82, 2.24) is 19.8 Å². The van der Waals surface area contributed by atoms with Gasteiger partial charge in [-0.3, -0.25) is 9.69 Å². The van der Waals surface area contributed by atoms with Crippen LogP contribution in [0.25, 0.3) is 0 Å². The molecule has 4 rings (SSSR count). The molecule has 184 valence electrons. The van der Waals surface area contributed by atoms with Gasteiger partial charge in [0.1, 0.15) is 11.4 Å². The molecule has 2 aliphatic rings. The fraction of sp³-hybridized carbons (Fsp3) is 0.385. The molecule has 0 spiro atoms. The summed E-state index contributed by atoms with van der Waals surface area (Å²) in [6, 6.07) is 6.32. The summed E-state index contributed by atoms with van der Waals surface area (Å²) < 4.78 is 42.9. The van der Waals surface area contributed by atoms with Crippen molar-refractivity contribution in [2.24, 2.45) is 0 Å². The Morgan fingerprint density at radius 3 is 2.89 bits per heavy atom. The van der Waals surface area contributed by atoms with E-state index >= 15 is 0 Å². The van der Waals surface area contributed by atoms with Crippen molar-refractivity contribution in [2.45, 2.75) is 44.1 Å². The van der Waals surface area contributed by atoms with Crippen molar-refractivity contribution >= 4 is 12.0 Å². The summed E-state index contributed by atoms with van der Waals surface area (Å²) in [7, 11) is 0. The predicted molar refractivity (Wildman–Crippen MR) is 129 cm³/mol. The molecule has 0 amide bonds. The number of aldehydes is 1. The zero-order valence-electron chi connectivity index (χ0n) is 19.5. The van der Waals surface area contributed by atoms with Gasteiger partial charge in [-0.1, -0.05) is 25.8 Å². The van der Waals surface area contributed by atoms with Gasteiger partial charge in [-0.2, -0.15) is 13.2 Å². The highest BCUT2D eigenvalue weighted by Gasteiger charge is 2.48. The molecule has 3 heterocycles. The topological polar surface area (TPSA) is 53.4 Å². The van der Waals surface area contributed by atoms with E-state index in [-0.39, 0.29) is 17.9 Å². The number of hydrogen-bond donors (Lipinski definition) is 1. The van der Waals surface area contributed by atoms with Gasteiger partial charge in [0.2, 0.25) is 0 Å². The van der Waals surface area contributed by atoms with Crippen LogP contribution in [0.3, 0.4) is 0 Å². The third-order valence-electron chi connectivity index (χ3n) is 6.60. The Balaban J connectivity index is 1.74. The van der Waals surface area contributed by atoms with Gasteiger partial charge in [0.05, 0.1) is 11.6 Å². The van der Waals surface area contributed by atoms with E-state index in [1.54, 1.807) is 17.2 Å². The first-order chi connectivity index (χ1) is 16.8. The maximum Gasteiger partial charge on any atom is 0.417 e. The Hall–Kier alpha value is -3.51. The number of allylic oxidation sites excluding steroid dienone is 2. The lowest BCUT2D eigenvalue weighted by Gasteiger charge is -2.48. The molecule has 1 N–H and O–H groups in total. The van der Waals surface area contributed by atoms with E-state index in [0.29, 0.717) is 25.3 Å². The van der Waals surface area contributed by atoms with Gasteiger partial charge in [0, 0.05) is 62.1 Å². The molecule has 1 aromatic heterocycles. The third-order valence-corrected chi connectivity index (χ3v) is 6.60. The van der Waals surface area contributed by atoms with E-state index in [4.69, 9.17) is 11.4 Å².